The molecule has 0 atom stereocenters. The first-order chi connectivity index (χ1) is 9.79. The molecule has 0 bridgehead atoms. The van der Waals surface area contributed by atoms with Gasteiger partial charge >= 0.3 is 80.9 Å². The Labute approximate surface area is 204 Å². The third-order valence-corrected chi connectivity index (χ3v) is 3.18. The fourth-order valence-corrected chi connectivity index (χ4v) is 2.07. The molecule has 0 aliphatic heterocycles. The van der Waals surface area contributed by atoms with E-state index in [4.69, 9.17) is 15.0 Å². The van der Waals surface area contributed by atoms with E-state index in [1.165, 1.54) is 44.9 Å². The first-order valence-electron chi connectivity index (χ1n) is 7.29. The molecule has 0 aliphatic rings. The zero-order valence-corrected chi connectivity index (χ0v) is 20.5. The van der Waals surface area contributed by atoms with Crippen LogP contribution >= 0.6 is 0 Å². The minimum absolute atomic E-state index is 0. The van der Waals surface area contributed by atoms with Gasteiger partial charge in [-0.3, -0.25) is 4.18 Å². The van der Waals surface area contributed by atoms with Crippen LogP contribution in [0.25, 0.3) is 0 Å². The standard InChI is InChI=1S/C12H26O4S.CH2O3.K.Na/c1-2-3-4-5-6-7-8-9-10-11-12-16-17(13,14)15;2-1(3)4;;/h2-12H2,1H3,(H,13,14,15);(H2,2,3,4);;/q;;2*+1/p-2. The summed E-state index contributed by atoms with van der Waals surface area (Å²) < 4.78 is 34.5. The van der Waals surface area contributed by atoms with E-state index >= 15 is 0 Å². The number of carboxylic acid groups (broad SMARTS) is 2. The minimum atomic E-state index is -4.48. The molecule has 23 heavy (non-hydrogen) atoms. The first-order valence-corrected chi connectivity index (χ1v) is 8.63. The molecule has 10 heteroatoms. The van der Waals surface area contributed by atoms with E-state index in [2.05, 4.69) is 11.1 Å². The maximum atomic E-state index is 10.1. The fraction of sp³-hybridized carbons (Fsp3) is 0.923. The Morgan fingerprint density at radius 2 is 1.26 bits per heavy atom. The SMILES string of the molecule is CCCCCCCCCCCCOS(=O)(=O)[O-].O=C([O-])O.[K+].[Na+]. The van der Waals surface area contributed by atoms with Gasteiger partial charge in [0.2, 0.25) is 16.6 Å². The summed E-state index contributed by atoms with van der Waals surface area (Å²) in [5.41, 5.74) is 0. The van der Waals surface area contributed by atoms with Crippen LogP contribution in [0.2, 0.25) is 0 Å². The molecule has 0 unspecified atom stereocenters. The van der Waals surface area contributed by atoms with E-state index in [1.807, 2.05) is 0 Å². The number of rotatable bonds is 12. The van der Waals surface area contributed by atoms with Crippen LogP contribution in [0.5, 0.6) is 0 Å². The Kier molecular flexibility index (Phi) is 33.5. The normalized spacial score (nSPS) is 9.83. The maximum Gasteiger partial charge on any atom is 1.00 e. The average molecular weight is 388 g/mol. The third kappa shape index (κ3) is 45.3. The van der Waals surface area contributed by atoms with Crippen molar-refractivity contribution in [2.24, 2.45) is 0 Å². The summed E-state index contributed by atoms with van der Waals surface area (Å²) in [7, 11) is -4.48. The summed E-state index contributed by atoms with van der Waals surface area (Å²) in [6, 6.07) is 0. The van der Waals surface area contributed by atoms with Crippen LogP contribution in [-0.4, -0.2) is 30.8 Å². The molecule has 0 amide bonds. The van der Waals surface area contributed by atoms with Crippen molar-refractivity contribution in [2.45, 2.75) is 71.1 Å². The zero-order chi connectivity index (χ0) is 16.6. The summed E-state index contributed by atoms with van der Waals surface area (Å²) in [6.45, 7) is 2.24. The molecule has 1 N–H and O–H groups in total. The van der Waals surface area contributed by atoms with Crippen molar-refractivity contribution in [3.8, 4) is 0 Å². The van der Waals surface area contributed by atoms with Gasteiger partial charge < -0.3 is 19.6 Å². The quantitative estimate of drug-likeness (QED) is 0.158. The van der Waals surface area contributed by atoms with Gasteiger partial charge in [0.05, 0.1) is 6.61 Å². The molecule has 0 aromatic carbocycles. The topological polar surface area (TPSA) is 127 Å². The van der Waals surface area contributed by atoms with E-state index in [-0.39, 0.29) is 87.5 Å². The van der Waals surface area contributed by atoms with Gasteiger partial charge in [0, 0.05) is 0 Å². The number of hydrogen-bond donors (Lipinski definition) is 1. The summed E-state index contributed by atoms with van der Waals surface area (Å²) in [4.78, 5) is 8.44. The van der Waals surface area contributed by atoms with E-state index in [0.717, 1.165) is 12.8 Å². The molecule has 0 heterocycles. The monoisotopic (exact) mass is 388 g/mol. The summed E-state index contributed by atoms with van der Waals surface area (Å²) in [5.74, 6) is 0. The average Bonchev–Trinajstić information content (AvgIpc) is 2.34. The number of hydrogen-bond acceptors (Lipinski definition) is 6. The van der Waals surface area contributed by atoms with Crippen molar-refractivity contribution < 1.29 is 113 Å². The number of carbonyl (C=O) groups is 1. The fourth-order valence-electron chi connectivity index (χ4n) is 1.75. The van der Waals surface area contributed by atoms with Crippen molar-refractivity contribution in [3.63, 3.8) is 0 Å². The molecule has 0 saturated carbocycles. The van der Waals surface area contributed by atoms with Gasteiger partial charge in [-0.05, 0) is 6.42 Å². The van der Waals surface area contributed by atoms with Gasteiger partial charge in [-0.25, -0.2) is 8.42 Å². The molecule has 0 saturated heterocycles. The largest absolute Gasteiger partial charge is 1.00 e. The molecule has 0 aliphatic carbocycles. The van der Waals surface area contributed by atoms with E-state index < -0.39 is 16.6 Å². The van der Waals surface area contributed by atoms with Crippen LogP contribution in [0.15, 0.2) is 0 Å². The zero-order valence-electron chi connectivity index (χ0n) is 14.6. The Morgan fingerprint density at radius 3 is 1.57 bits per heavy atom. The molecule has 0 aromatic heterocycles. The summed E-state index contributed by atoms with van der Waals surface area (Å²) in [5, 5.41) is 15.3. The van der Waals surface area contributed by atoms with Crippen LogP contribution in [0, 0.1) is 0 Å². The second-order valence-electron chi connectivity index (χ2n) is 4.68. The number of unbranched alkanes of at least 4 members (excludes halogenated alkanes) is 9. The molecule has 0 spiro atoms. The van der Waals surface area contributed by atoms with Gasteiger partial charge in [-0.1, -0.05) is 64.7 Å². The second-order valence-corrected chi connectivity index (χ2v) is 5.73. The van der Waals surface area contributed by atoms with Gasteiger partial charge in [0.25, 0.3) is 0 Å². The van der Waals surface area contributed by atoms with Crippen molar-refractivity contribution in [2.75, 3.05) is 6.61 Å². The Hall–Kier alpha value is 1.78. The summed E-state index contributed by atoms with van der Waals surface area (Å²) in [6.07, 6.45) is 9.62. The predicted molar refractivity (Wildman–Crippen MR) is 75.5 cm³/mol. The first kappa shape index (κ1) is 32.4. The van der Waals surface area contributed by atoms with Gasteiger partial charge in [0.1, 0.15) is 0 Å². The molecular weight excluding hydrogens is 362 g/mol. The van der Waals surface area contributed by atoms with Crippen molar-refractivity contribution in [1.82, 2.24) is 0 Å². The smallest absolute Gasteiger partial charge is 0.726 e. The van der Waals surface area contributed by atoms with Crippen LogP contribution in [-0.2, 0) is 14.6 Å². The molecule has 128 valence electrons. The minimum Gasteiger partial charge on any atom is -0.726 e. The molecule has 0 aromatic rings. The predicted octanol–water partition coefficient (Wildman–Crippen LogP) is -3.72. The Bertz CT molecular complexity index is 335. The van der Waals surface area contributed by atoms with Crippen molar-refractivity contribution >= 4 is 16.6 Å². The van der Waals surface area contributed by atoms with E-state index in [0.29, 0.717) is 6.42 Å². The van der Waals surface area contributed by atoms with Gasteiger partial charge in [0.15, 0.2) is 0 Å². The molecule has 7 nitrogen and oxygen atoms in total. The molecule has 0 fully saturated rings. The van der Waals surface area contributed by atoms with E-state index in [1.54, 1.807) is 0 Å². The molecular formula is C13H26KNaO7S. The van der Waals surface area contributed by atoms with Crippen LogP contribution in [0.3, 0.4) is 0 Å². The van der Waals surface area contributed by atoms with E-state index in [9.17, 15) is 13.0 Å². The Morgan fingerprint density at radius 1 is 0.957 bits per heavy atom. The molecule has 0 rings (SSSR count). The van der Waals surface area contributed by atoms with Gasteiger partial charge in [-0.2, -0.15) is 0 Å². The van der Waals surface area contributed by atoms with Crippen LogP contribution in [0.4, 0.5) is 4.79 Å². The van der Waals surface area contributed by atoms with Crippen LogP contribution in [0.1, 0.15) is 71.1 Å². The molecule has 0 radical (unpaired) electrons. The van der Waals surface area contributed by atoms with Crippen molar-refractivity contribution in [1.29, 1.82) is 0 Å². The third-order valence-electron chi connectivity index (χ3n) is 2.73. The Balaban J connectivity index is -0.000000268. The second kappa shape index (κ2) is 23.8. The van der Waals surface area contributed by atoms with Gasteiger partial charge in [-0.15, -0.1) is 0 Å². The van der Waals surface area contributed by atoms with Crippen LogP contribution < -0.4 is 86.0 Å². The summed E-state index contributed by atoms with van der Waals surface area (Å²) >= 11 is 0. The maximum absolute atomic E-state index is 10.1. The van der Waals surface area contributed by atoms with Crippen molar-refractivity contribution in [3.05, 3.63) is 0 Å².